The Kier molecular flexibility index (Phi) is 4.59. The molecule has 0 aromatic carbocycles. The lowest BCUT2D eigenvalue weighted by Gasteiger charge is -2.16. The Hall–Kier alpha value is -1.21. The predicted octanol–water partition coefficient (Wildman–Crippen LogP) is 2.78. The van der Waals surface area contributed by atoms with Gasteiger partial charge in [0.05, 0.1) is 11.4 Å². The second kappa shape index (κ2) is 6.05. The Morgan fingerprint density at radius 3 is 2.80 bits per heavy atom. The summed E-state index contributed by atoms with van der Waals surface area (Å²) in [5.41, 5.74) is 0.585. The Morgan fingerprint density at radius 1 is 1.50 bits per heavy atom. The number of nitrogens with one attached hydrogen (secondary N) is 1. The van der Waals surface area contributed by atoms with Crippen LogP contribution in [0.3, 0.4) is 0 Å². The molecule has 0 aliphatic heterocycles. The first-order valence-corrected chi connectivity index (χ1v) is 7.97. The fourth-order valence-electron chi connectivity index (χ4n) is 2.11. The van der Waals surface area contributed by atoms with Crippen molar-refractivity contribution in [2.24, 2.45) is 0 Å². The Bertz CT molecular complexity index is 581. The number of hydrogen-bond acceptors (Lipinski definition) is 5. The van der Waals surface area contributed by atoms with Crippen LogP contribution in [-0.2, 0) is 16.0 Å². The van der Waals surface area contributed by atoms with Crippen molar-refractivity contribution in [3.8, 4) is 0 Å². The summed E-state index contributed by atoms with van der Waals surface area (Å²) < 4.78 is 5.01. The summed E-state index contributed by atoms with van der Waals surface area (Å²) in [6.45, 7) is 3.28. The molecule has 7 heteroatoms. The molecule has 1 aromatic heterocycles. The lowest BCUT2D eigenvalue weighted by molar-refractivity contribution is -0.114. The van der Waals surface area contributed by atoms with Crippen molar-refractivity contribution in [1.82, 2.24) is 0 Å². The number of fused-ring (bicyclic) bond motifs is 1. The zero-order valence-corrected chi connectivity index (χ0v) is 13.5. The first-order valence-electron chi connectivity index (χ1n) is 6.24. The number of carbonyl (C=O) groups is 3. The number of amides is 1. The number of ketones is 1. The van der Waals surface area contributed by atoms with Gasteiger partial charge in [-0.3, -0.25) is 9.59 Å². The van der Waals surface area contributed by atoms with Gasteiger partial charge in [0.15, 0.2) is 5.78 Å². The molecule has 0 unspecified atom stereocenters. The Labute approximate surface area is 128 Å². The zero-order chi connectivity index (χ0) is 14.9. The van der Waals surface area contributed by atoms with Gasteiger partial charge in [0.2, 0.25) is 5.91 Å². The molecule has 0 saturated carbocycles. The van der Waals surface area contributed by atoms with Gasteiger partial charge in [-0.15, -0.1) is 11.3 Å². The summed E-state index contributed by atoms with van der Waals surface area (Å²) in [7, 11) is 0. The summed E-state index contributed by atoms with van der Waals surface area (Å²) in [6, 6.07) is 0. The highest BCUT2D eigenvalue weighted by Gasteiger charge is 2.35. The van der Waals surface area contributed by atoms with Gasteiger partial charge in [-0.05, 0) is 19.8 Å². The molecule has 2 rings (SSSR count). The van der Waals surface area contributed by atoms with Crippen molar-refractivity contribution >= 4 is 49.9 Å². The number of hydrogen-bond donors (Lipinski definition) is 1. The molecule has 1 heterocycles. The Morgan fingerprint density at radius 2 is 2.20 bits per heavy atom. The highest BCUT2D eigenvalue weighted by molar-refractivity contribution is 9.10. The van der Waals surface area contributed by atoms with Crippen LogP contribution < -0.4 is 5.32 Å². The van der Waals surface area contributed by atoms with E-state index in [1.165, 1.54) is 18.3 Å². The van der Waals surface area contributed by atoms with Crippen LogP contribution in [0.2, 0.25) is 0 Å². The van der Waals surface area contributed by atoms with E-state index in [0.717, 1.165) is 4.88 Å². The van der Waals surface area contributed by atoms with E-state index in [0.29, 0.717) is 23.4 Å². The van der Waals surface area contributed by atoms with Crippen LogP contribution in [0.4, 0.5) is 5.00 Å². The molecule has 20 heavy (non-hydrogen) atoms. The number of alkyl halides is 1. The molecule has 1 amide bonds. The molecule has 0 spiro atoms. The average Bonchev–Trinajstić information content (AvgIpc) is 2.72. The second-order valence-electron chi connectivity index (χ2n) is 4.38. The highest BCUT2D eigenvalue weighted by atomic mass is 79.9. The summed E-state index contributed by atoms with van der Waals surface area (Å²) >= 11 is 4.60. The van der Waals surface area contributed by atoms with E-state index in [4.69, 9.17) is 4.74 Å². The molecule has 0 fully saturated rings. The number of rotatable bonds is 3. The quantitative estimate of drug-likeness (QED) is 0.665. The number of carbonyl (C=O) groups excluding carboxylic acids is 3. The van der Waals surface area contributed by atoms with Gasteiger partial charge in [-0.1, -0.05) is 15.9 Å². The molecule has 1 N–H and O–H groups in total. The van der Waals surface area contributed by atoms with Crippen LogP contribution in [0, 0.1) is 0 Å². The van der Waals surface area contributed by atoms with Crippen molar-refractivity contribution in [2.75, 3.05) is 11.9 Å². The molecule has 1 atom stereocenters. The second-order valence-corrected chi connectivity index (χ2v) is 6.59. The first kappa shape index (κ1) is 15.2. The smallest absolute Gasteiger partial charge is 0.341 e. The third kappa shape index (κ3) is 2.78. The van der Waals surface area contributed by atoms with Crippen molar-refractivity contribution in [1.29, 1.82) is 0 Å². The van der Waals surface area contributed by atoms with E-state index in [1.54, 1.807) is 6.92 Å². The van der Waals surface area contributed by atoms with Gasteiger partial charge in [-0.2, -0.15) is 0 Å². The molecule has 5 nitrogen and oxygen atoms in total. The average molecular weight is 360 g/mol. The van der Waals surface area contributed by atoms with E-state index in [9.17, 15) is 14.4 Å². The standard InChI is InChI=1S/C13H14BrNO4S/c1-3-19-13(18)10-9-8(5-4-7(14)11(9)17)20-12(10)15-6(2)16/h7H,3-5H2,1-2H3,(H,15,16)/t7-/m0/s1. The van der Waals surface area contributed by atoms with Crippen molar-refractivity contribution < 1.29 is 19.1 Å². The zero-order valence-electron chi connectivity index (χ0n) is 11.1. The number of ether oxygens (including phenoxy) is 1. The minimum absolute atomic E-state index is 0.123. The molecule has 1 aliphatic rings. The van der Waals surface area contributed by atoms with Crippen LogP contribution in [0.15, 0.2) is 0 Å². The van der Waals surface area contributed by atoms with Crippen LogP contribution >= 0.6 is 27.3 Å². The molecule has 108 valence electrons. The fraction of sp³-hybridized carbons (Fsp3) is 0.462. The van der Waals surface area contributed by atoms with E-state index >= 15 is 0 Å². The third-order valence-corrected chi connectivity index (χ3v) is 4.94. The van der Waals surface area contributed by atoms with Crippen molar-refractivity contribution in [2.45, 2.75) is 31.5 Å². The predicted molar refractivity (Wildman–Crippen MR) is 79.9 cm³/mol. The molecule has 1 aliphatic carbocycles. The molecule has 1 aromatic rings. The number of Topliss-reactive ketones (excluding diaryl/α,β-unsaturated/α-hetero) is 1. The van der Waals surface area contributed by atoms with Crippen LogP contribution in [0.25, 0.3) is 0 Å². The molecule has 0 bridgehead atoms. The van der Waals surface area contributed by atoms with Gasteiger partial charge in [0, 0.05) is 17.4 Å². The van der Waals surface area contributed by atoms with E-state index < -0.39 is 5.97 Å². The van der Waals surface area contributed by atoms with Gasteiger partial charge < -0.3 is 10.1 Å². The summed E-state index contributed by atoms with van der Waals surface area (Å²) in [6.07, 6.45) is 1.39. The van der Waals surface area contributed by atoms with Gasteiger partial charge in [0.25, 0.3) is 0 Å². The number of halogens is 1. The van der Waals surface area contributed by atoms with E-state index in [1.807, 2.05) is 0 Å². The number of thiophene rings is 1. The maximum Gasteiger partial charge on any atom is 0.341 e. The normalized spacial score (nSPS) is 17.6. The maximum atomic E-state index is 12.3. The largest absolute Gasteiger partial charge is 0.462 e. The summed E-state index contributed by atoms with van der Waals surface area (Å²) in [5.74, 6) is -0.970. The number of anilines is 1. The van der Waals surface area contributed by atoms with Crippen molar-refractivity contribution in [3.63, 3.8) is 0 Å². The number of esters is 1. The van der Waals surface area contributed by atoms with E-state index in [2.05, 4.69) is 21.2 Å². The Balaban J connectivity index is 2.54. The fourth-order valence-corrected chi connectivity index (χ4v) is 3.82. The third-order valence-electron chi connectivity index (χ3n) is 2.91. The van der Waals surface area contributed by atoms with Gasteiger partial charge in [0.1, 0.15) is 10.6 Å². The van der Waals surface area contributed by atoms with E-state index in [-0.39, 0.29) is 28.7 Å². The first-order chi connectivity index (χ1) is 9.45. The summed E-state index contributed by atoms with van der Waals surface area (Å²) in [5, 5.41) is 3.02. The van der Waals surface area contributed by atoms with Gasteiger partial charge >= 0.3 is 5.97 Å². The van der Waals surface area contributed by atoms with Crippen LogP contribution in [-0.4, -0.2) is 29.1 Å². The highest BCUT2D eigenvalue weighted by Crippen LogP contribution is 2.40. The maximum absolute atomic E-state index is 12.3. The molecular weight excluding hydrogens is 346 g/mol. The summed E-state index contributed by atoms with van der Waals surface area (Å²) in [4.78, 5) is 36.2. The minimum atomic E-state index is -0.566. The molecule has 0 saturated heterocycles. The topological polar surface area (TPSA) is 72.5 Å². The number of aryl methyl sites for hydroxylation is 1. The van der Waals surface area contributed by atoms with Crippen LogP contribution in [0.1, 0.15) is 45.9 Å². The van der Waals surface area contributed by atoms with Crippen LogP contribution in [0.5, 0.6) is 0 Å². The lowest BCUT2D eigenvalue weighted by atomic mass is 9.94. The lowest BCUT2D eigenvalue weighted by Crippen LogP contribution is -2.24. The molecular formula is C13H14BrNO4S. The van der Waals surface area contributed by atoms with Gasteiger partial charge in [-0.25, -0.2) is 4.79 Å². The molecule has 0 radical (unpaired) electrons. The monoisotopic (exact) mass is 359 g/mol. The SMILES string of the molecule is CCOC(=O)c1c(NC(C)=O)sc2c1C(=O)[C@@H](Br)CC2. The minimum Gasteiger partial charge on any atom is -0.462 e. The van der Waals surface area contributed by atoms with Crippen molar-refractivity contribution in [3.05, 3.63) is 16.0 Å².